The van der Waals surface area contributed by atoms with Gasteiger partial charge in [-0.1, -0.05) is 12.1 Å². The van der Waals surface area contributed by atoms with Gasteiger partial charge in [0.2, 0.25) is 0 Å². The van der Waals surface area contributed by atoms with E-state index in [-0.39, 0.29) is 11.5 Å². The molecule has 1 aromatic rings. The Morgan fingerprint density at radius 2 is 2.11 bits per heavy atom. The molecule has 2 rings (SSSR count). The first-order valence-electron chi connectivity index (χ1n) is 6.61. The van der Waals surface area contributed by atoms with Gasteiger partial charge in [0.1, 0.15) is 0 Å². The first-order valence-corrected chi connectivity index (χ1v) is 6.61. The summed E-state index contributed by atoms with van der Waals surface area (Å²) in [5.41, 5.74) is 0.993. The van der Waals surface area contributed by atoms with E-state index in [0.717, 1.165) is 25.1 Å². The largest absolute Gasteiger partial charge is 0.465 e. The lowest BCUT2D eigenvalue weighted by Gasteiger charge is -2.47. The maximum absolute atomic E-state index is 11.9. The van der Waals surface area contributed by atoms with Gasteiger partial charge in [0.05, 0.1) is 30.0 Å². The van der Waals surface area contributed by atoms with Crippen LogP contribution in [0.25, 0.3) is 0 Å². The summed E-state index contributed by atoms with van der Waals surface area (Å²) in [6.45, 7) is 4.84. The van der Waals surface area contributed by atoms with Crippen LogP contribution in [0.5, 0.6) is 0 Å². The van der Waals surface area contributed by atoms with E-state index in [4.69, 9.17) is 4.74 Å². The van der Waals surface area contributed by atoms with E-state index in [9.17, 15) is 9.90 Å². The molecular weight excluding hydrogens is 242 g/mol. The molecule has 1 heterocycles. The molecule has 1 unspecified atom stereocenters. The average molecular weight is 263 g/mol. The van der Waals surface area contributed by atoms with E-state index < -0.39 is 6.10 Å². The summed E-state index contributed by atoms with van der Waals surface area (Å²) < 4.78 is 4.83. The van der Waals surface area contributed by atoms with Crippen molar-refractivity contribution in [3.63, 3.8) is 0 Å². The second kappa shape index (κ2) is 5.21. The Morgan fingerprint density at radius 3 is 2.79 bits per heavy atom. The van der Waals surface area contributed by atoms with Gasteiger partial charge >= 0.3 is 5.97 Å². The highest BCUT2D eigenvalue weighted by Crippen LogP contribution is 2.34. The molecule has 4 heteroatoms. The standard InChI is InChI=1S/C15H21NO3/c1-15(2)13(17)9-6-10-16(15)12-8-5-4-7-11(12)14(18)19-3/h4-5,7-8,13,17H,6,9-10H2,1-3H3. The summed E-state index contributed by atoms with van der Waals surface area (Å²) in [4.78, 5) is 14.0. The highest BCUT2D eigenvalue weighted by molar-refractivity contribution is 5.96. The van der Waals surface area contributed by atoms with Gasteiger partial charge in [0.25, 0.3) is 0 Å². The number of benzene rings is 1. The molecular formula is C15H21NO3. The first kappa shape index (κ1) is 13.9. The van der Waals surface area contributed by atoms with E-state index in [1.54, 1.807) is 6.07 Å². The smallest absolute Gasteiger partial charge is 0.339 e. The van der Waals surface area contributed by atoms with Crippen molar-refractivity contribution in [2.24, 2.45) is 0 Å². The minimum absolute atomic E-state index is 0.341. The zero-order chi connectivity index (χ0) is 14.0. The Bertz CT molecular complexity index is 470. The lowest BCUT2D eigenvalue weighted by Crippen LogP contribution is -2.56. The Labute approximate surface area is 114 Å². The number of hydrogen-bond acceptors (Lipinski definition) is 4. The summed E-state index contributed by atoms with van der Waals surface area (Å²) in [5.74, 6) is -0.341. The molecule has 104 valence electrons. The van der Waals surface area contributed by atoms with Crippen molar-refractivity contribution < 1.29 is 14.6 Å². The molecule has 1 saturated heterocycles. The summed E-state index contributed by atoms with van der Waals surface area (Å²) in [7, 11) is 1.38. The quantitative estimate of drug-likeness (QED) is 0.831. The Balaban J connectivity index is 2.43. The predicted octanol–water partition coefficient (Wildman–Crippen LogP) is 2.21. The summed E-state index contributed by atoms with van der Waals surface area (Å²) in [6.07, 6.45) is 1.32. The number of aliphatic hydroxyl groups excluding tert-OH is 1. The van der Waals surface area contributed by atoms with E-state index in [0.29, 0.717) is 5.56 Å². The molecule has 0 radical (unpaired) electrons. The van der Waals surface area contributed by atoms with Crippen LogP contribution in [0.3, 0.4) is 0 Å². The van der Waals surface area contributed by atoms with Crippen LogP contribution in [-0.2, 0) is 4.74 Å². The Kier molecular flexibility index (Phi) is 3.80. The Morgan fingerprint density at radius 1 is 1.42 bits per heavy atom. The van der Waals surface area contributed by atoms with Gasteiger partial charge in [-0.05, 0) is 38.8 Å². The molecule has 0 saturated carbocycles. The Hall–Kier alpha value is -1.55. The lowest BCUT2D eigenvalue weighted by atomic mass is 9.86. The van der Waals surface area contributed by atoms with Crippen molar-refractivity contribution in [3.05, 3.63) is 29.8 Å². The number of para-hydroxylation sites is 1. The summed E-state index contributed by atoms with van der Waals surface area (Å²) in [6, 6.07) is 7.40. The van der Waals surface area contributed by atoms with E-state index in [2.05, 4.69) is 4.90 Å². The van der Waals surface area contributed by atoms with Crippen molar-refractivity contribution in [1.29, 1.82) is 0 Å². The summed E-state index contributed by atoms with van der Waals surface area (Å²) >= 11 is 0. The van der Waals surface area contributed by atoms with Gasteiger partial charge in [-0.3, -0.25) is 0 Å². The van der Waals surface area contributed by atoms with Crippen molar-refractivity contribution in [2.45, 2.75) is 38.3 Å². The number of rotatable bonds is 2. The number of hydrogen-bond donors (Lipinski definition) is 1. The van der Waals surface area contributed by atoms with Crippen molar-refractivity contribution >= 4 is 11.7 Å². The molecule has 0 bridgehead atoms. The minimum Gasteiger partial charge on any atom is -0.465 e. The minimum atomic E-state index is -0.396. The number of nitrogens with zero attached hydrogens (tertiary/aromatic N) is 1. The van der Waals surface area contributed by atoms with Gasteiger partial charge in [-0.25, -0.2) is 4.79 Å². The third kappa shape index (κ3) is 2.45. The molecule has 1 aromatic carbocycles. The van der Waals surface area contributed by atoms with Crippen LogP contribution in [0.2, 0.25) is 0 Å². The third-order valence-electron chi connectivity index (χ3n) is 3.97. The lowest BCUT2D eigenvalue weighted by molar-refractivity contribution is 0.0592. The molecule has 0 amide bonds. The van der Waals surface area contributed by atoms with Crippen LogP contribution in [-0.4, -0.2) is 36.4 Å². The van der Waals surface area contributed by atoms with Crippen LogP contribution >= 0.6 is 0 Å². The second-order valence-electron chi connectivity index (χ2n) is 5.47. The molecule has 1 aliphatic heterocycles. The molecule has 0 aliphatic carbocycles. The highest BCUT2D eigenvalue weighted by Gasteiger charge is 2.38. The van der Waals surface area contributed by atoms with Gasteiger partial charge in [-0.2, -0.15) is 0 Å². The zero-order valence-corrected chi connectivity index (χ0v) is 11.7. The molecule has 19 heavy (non-hydrogen) atoms. The number of esters is 1. The van der Waals surface area contributed by atoms with E-state index >= 15 is 0 Å². The third-order valence-corrected chi connectivity index (χ3v) is 3.97. The van der Waals surface area contributed by atoms with E-state index in [1.807, 2.05) is 32.0 Å². The first-order chi connectivity index (χ1) is 8.98. The number of piperidine rings is 1. The number of methoxy groups -OCH3 is 1. The molecule has 1 atom stereocenters. The predicted molar refractivity (Wildman–Crippen MR) is 74.4 cm³/mol. The van der Waals surface area contributed by atoms with Gasteiger partial charge in [0, 0.05) is 6.54 Å². The van der Waals surface area contributed by atoms with E-state index in [1.165, 1.54) is 7.11 Å². The van der Waals surface area contributed by atoms with Gasteiger partial charge in [-0.15, -0.1) is 0 Å². The van der Waals surface area contributed by atoms with Crippen molar-refractivity contribution in [2.75, 3.05) is 18.6 Å². The fourth-order valence-electron chi connectivity index (χ4n) is 2.69. The zero-order valence-electron chi connectivity index (χ0n) is 11.7. The van der Waals surface area contributed by atoms with Crippen LogP contribution in [0.4, 0.5) is 5.69 Å². The fraction of sp³-hybridized carbons (Fsp3) is 0.533. The normalized spacial score (nSPS) is 22.1. The molecule has 1 N–H and O–H groups in total. The maximum atomic E-state index is 11.9. The van der Waals surface area contributed by atoms with Crippen LogP contribution in [0, 0.1) is 0 Å². The molecule has 0 spiro atoms. The number of carbonyl (C=O) groups excluding carboxylic acids is 1. The van der Waals surface area contributed by atoms with Crippen LogP contribution < -0.4 is 4.90 Å². The molecule has 1 aliphatic rings. The average Bonchev–Trinajstić information content (AvgIpc) is 2.41. The molecule has 0 aromatic heterocycles. The summed E-state index contributed by atoms with van der Waals surface area (Å²) in [5, 5.41) is 10.2. The maximum Gasteiger partial charge on any atom is 0.339 e. The fourth-order valence-corrected chi connectivity index (χ4v) is 2.69. The molecule has 1 fully saturated rings. The number of carbonyl (C=O) groups is 1. The monoisotopic (exact) mass is 263 g/mol. The van der Waals surface area contributed by atoms with Crippen molar-refractivity contribution in [3.8, 4) is 0 Å². The van der Waals surface area contributed by atoms with Crippen LogP contribution in [0.1, 0.15) is 37.0 Å². The molecule has 4 nitrogen and oxygen atoms in total. The number of aliphatic hydroxyl groups is 1. The highest BCUT2D eigenvalue weighted by atomic mass is 16.5. The number of anilines is 1. The number of ether oxygens (including phenoxy) is 1. The topological polar surface area (TPSA) is 49.8 Å². The van der Waals surface area contributed by atoms with Gasteiger partial charge in [0.15, 0.2) is 0 Å². The van der Waals surface area contributed by atoms with Crippen molar-refractivity contribution in [1.82, 2.24) is 0 Å². The SMILES string of the molecule is COC(=O)c1ccccc1N1CCCC(O)C1(C)C. The van der Waals surface area contributed by atoms with Crippen LogP contribution in [0.15, 0.2) is 24.3 Å². The van der Waals surface area contributed by atoms with Gasteiger partial charge < -0.3 is 14.7 Å². The second-order valence-corrected chi connectivity index (χ2v) is 5.47.